The molecule has 0 aliphatic carbocycles. The molecular formula is C12H13AsN2O3. The van der Waals surface area contributed by atoms with Crippen molar-refractivity contribution in [2.75, 3.05) is 0 Å². The van der Waals surface area contributed by atoms with Gasteiger partial charge in [0.2, 0.25) is 0 Å². The van der Waals surface area contributed by atoms with Crippen LogP contribution in [0.2, 0.25) is 0 Å². The van der Waals surface area contributed by atoms with Crippen LogP contribution in [0.4, 0.5) is 11.4 Å². The van der Waals surface area contributed by atoms with Crippen molar-refractivity contribution >= 4 is 26.6 Å². The minimum absolute atomic E-state index is 0.872. The first-order chi connectivity index (χ1) is 8.68. The molecule has 2 aromatic rings. The molecule has 18 heavy (non-hydrogen) atoms. The minimum atomic E-state index is -3.58. The van der Waals surface area contributed by atoms with Gasteiger partial charge in [-0.3, -0.25) is 0 Å². The van der Waals surface area contributed by atoms with E-state index in [0.717, 1.165) is 11.4 Å². The van der Waals surface area contributed by atoms with Crippen LogP contribution in [0, 0.1) is 0 Å². The van der Waals surface area contributed by atoms with Gasteiger partial charge >= 0.3 is 27.2 Å². The van der Waals surface area contributed by atoms with Crippen LogP contribution in [-0.2, 0) is 3.74 Å². The Kier molecular flexibility index (Phi) is 6.72. The van der Waals surface area contributed by atoms with Gasteiger partial charge in [-0.05, 0) is 24.3 Å². The third-order valence-corrected chi connectivity index (χ3v) is 1.79. The summed E-state index contributed by atoms with van der Waals surface area (Å²) >= 11 is -3.58. The van der Waals surface area contributed by atoms with Crippen molar-refractivity contribution in [1.29, 1.82) is 0 Å². The third-order valence-electron chi connectivity index (χ3n) is 1.79. The van der Waals surface area contributed by atoms with Crippen molar-refractivity contribution in [3.63, 3.8) is 0 Å². The van der Waals surface area contributed by atoms with E-state index in [1.807, 2.05) is 60.7 Å². The summed E-state index contributed by atoms with van der Waals surface area (Å²) in [7, 11) is 0. The van der Waals surface area contributed by atoms with Crippen molar-refractivity contribution in [2.24, 2.45) is 10.2 Å². The standard InChI is InChI=1S/C12H10N2.AsH3O3/c1-3-7-11(8-4-1)13-14-12-9-5-2-6-10-12;2-1(3)4/h1-10H;1H,(H2,2,3,4)/b14-13+;. The van der Waals surface area contributed by atoms with Crippen molar-refractivity contribution in [3.05, 3.63) is 60.7 Å². The Hall–Kier alpha value is -1.68. The van der Waals surface area contributed by atoms with E-state index in [0.29, 0.717) is 0 Å². The van der Waals surface area contributed by atoms with Gasteiger partial charge < -0.3 is 0 Å². The summed E-state index contributed by atoms with van der Waals surface area (Å²) in [5.41, 5.74) is 1.74. The average molecular weight is 308 g/mol. The Morgan fingerprint density at radius 1 is 0.722 bits per heavy atom. The van der Waals surface area contributed by atoms with E-state index in [1.54, 1.807) is 0 Å². The molecule has 2 aromatic carbocycles. The number of hydrogen-bond acceptors (Lipinski definition) is 3. The maximum Gasteiger partial charge on any atom is 0.0857 e. The molecule has 0 aliphatic heterocycles. The molecule has 0 atom stereocenters. The maximum atomic E-state index is 8.81. The maximum absolute atomic E-state index is 8.81. The van der Waals surface area contributed by atoms with Crippen LogP contribution < -0.4 is 0 Å². The van der Waals surface area contributed by atoms with Gasteiger partial charge in [-0.25, -0.2) is 0 Å². The van der Waals surface area contributed by atoms with Crippen LogP contribution in [0.15, 0.2) is 70.9 Å². The van der Waals surface area contributed by atoms with Crippen LogP contribution in [0.1, 0.15) is 0 Å². The fraction of sp³-hybridized carbons (Fsp3) is 0. The van der Waals surface area contributed by atoms with Crippen LogP contribution in [0.25, 0.3) is 0 Å². The second-order valence-electron chi connectivity index (χ2n) is 3.15. The average Bonchev–Trinajstić information content (AvgIpc) is 2.38. The molecule has 0 radical (unpaired) electrons. The largest absolute Gasteiger partial charge is 0.151 e. The molecule has 0 aromatic heterocycles. The molecule has 0 amide bonds. The van der Waals surface area contributed by atoms with Gasteiger partial charge in [-0.2, -0.15) is 10.2 Å². The first-order valence-corrected chi connectivity index (χ1v) is 7.85. The molecule has 5 nitrogen and oxygen atoms in total. The van der Waals surface area contributed by atoms with Crippen molar-refractivity contribution < 1.29 is 11.9 Å². The fourth-order valence-electron chi connectivity index (χ4n) is 1.10. The molecule has 0 bridgehead atoms. The smallest absolute Gasteiger partial charge is 0.0857 e. The van der Waals surface area contributed by atoms with Gasteiger partial charge in [0.1, 0.15) is 0 Å². The topological polar surface area (TPSA) is 82.2 Å². The zero-order chi connectivity index (χ0) is 13.2. The second kappa shape index (κ2) is 8.42. The summed E-state index contributed by atoms with van der Waals surface area (Å²) in [6.45, 7) is 0. The van der Waals surface area contributed by atoms with Crippen molar-refractivity contribution in [1.82, 2.24) is 0 Å². The van der Waals surface area contributed by atoms with Crippen molar-refractivity contribution in [2.45, 2.75) is 0 Å². The van der Waals surface area contributed by atoms with E-state index in [1.165, 1.54) is 0 Å². The van der Waals surface area contributed by atoms with Gasteiger partial charge in [-0.1, -0.05) is 36.4 Å². The summed E-state index contributed by atoms with van der Waals surface area (Å²) in [5.74, 6) is 0. The predicted molar refractivity (Wildman–Crippen MR) is 69.3 cm³/mol. The molecule has 0 spiro atoms. The summed E-state index contributed by atoms with van der Waals surface area (Å²) < 4.78 is 23.2. The summed E-state index contributed by atoms with van der Waals surface area (Å²) in [6, 6.07) is 19.4. The molecule has 0 heterocycles. The van der Waals surface area contributed by atoms with Crippen LogP contribution in [-0.4, -0.2) is 23.5 Å². The van der Waals surface area contributed by atoms with E-state index in [9.17, 15) is 0 Å². The zero-order valence-electron chi connectivity index (χ0n) is 9.47. The predicted octanol–water partition coefficient (Wildman–Crippen LogP) is 2.22. The molecule has 2 N–H and O–H groups in total. The number of azo groups is 1. The normalized spacial score (nSPS) is 10.2. The monoisotopic (exact) mass is 308 g/mol. The summed E-state index contributed by atoms with van der Waals surface area (Å²) in [6.07, 6.45) is 0. The van der Waals surface area contributed by atoms with Gasteiger partial charge in [-0.15, -0.1) is 0 Å². The van der Waals surface area contributed by atoms with E-state index >= 15 is 0 Å². The second-order valence-corrected chi connectivity index (χ2v) is 4.34. The molecule has 6 heteroatoms. The number of benzene rings is 2. The Labute approximate surface area is 110 Å². The van der Waals surface area contributed by atoms with Crippen LogP contribution >= 0.6 is 0 Å². The van der Waals surface area contributed by atoms with Gasteiger partial charge in [0.15, 0.2) is 0 Å². The first kappa shape index (κ1) is 14.4. The number of rotatable bonds is 2. The third kappa shape index (κ3) is 6.81. The Balaban J connectivity index is 0.000000357. The van der Waals surface area contributed by atoms with E-state index in [-0.39, 0.29) is 0 Å². The van der Waals surface area contributed by atoms with Gasteiger partial charge in [0.25, 0.3) is 0 Å². The molecule has 0 unspecified atom stereocenters. The van der Waals surface area contributed by atoms with E-state index in [4.69, 9.17) is 11.9 Å². The summed E-state index contributed by atoms with van der Waals surface area (Å²) in [5, 5.41) is 8.20. The quantitative estimate of drug-likeness (QED) is 0.659. The SMILES string of the molecule is O=[AsH](O)O.c1ccc(/N=N/c2ccccc2)cc1. The first-order valence-electron chi connectivity index (χ1n) is 5.12. The molecule has 0 saturated heterocycles. The molecule has 94 valence electrons. The van der Waals surface area contributed by atoms with Crippen LogP contribution in [0.3, 0.4) is 0 Å². The van der Waals surface area contributed by atoms with Crippen LogP contribution in [0.5, 0.6) is 0 Å². The Morgan fingerprint density at radius 3 is 1.28 bits per heavy atom. The fourth-order valence-corrected chi connectivity index (χ4v) is 1.10. The Bertz CT molecular complexity index is 458. The van der Waals surface area contributed by atoms with Crippen molar-refractivity contribution in [3.8, 4) is 0 Å². The van der Waals surface area contributed by atoms with Gasteiger partial charge in [0.05, 0.1) is 11.4 Å². The van der Waals surface area contributed by atoms with E-state index < -0.39 is 15.3 Å². The molecule has 0 fully saturated rings. The zero-order valence-corrected chi connectivity index (χ0v) is 11.6. The summed E-state index contributed by atoms with van der Waals surface area (Å²) in [4.78, 5) is 0. The van der Waals surface area contributed by atoms with Gasteiger partial charge in [0, 0.05) is 0 Å². The molecule has 2 rings (SSSR count). The molecule has 0 aliphatic rings. The molecular weight excluding hydrogens is 295 g/mol. The molecule has 0 saturated carbocycles. The minimum Gasteiger partial charge on any atom is -0.151 e. The number of nitrogens with zero attached hydrogens (tertiary/aromatic N) is 2. The Morgan fingerprint density at radius 2 is 1.00 bits per heavy atom. The number of hydrogen-bond donors (Lipinski definition) is 2. The van der Waals surface area contributed by atoms with E-state index in [2.05, 4.69) is 10.2 Å².